The monoisotopic (exact) mass is 139 g/mol. The molecule has 1 heterocycles. The second-order valence-electron chi connectivity index (χ2n) is 2.17. The third-order valence-corrected chi connectivity index (χ3v) is 1.32. The topological polar surface area (TPSA) is 49.3 Å². The summed E-state index contributed by atoms with van der Waals surface area (Å²) in [7, 11) is 0. The standard InChI is InChI=1S/C7H9NO2/c1-5-4-6(7(9)10)2-3-8-5/h2,4,8H,3H2,1H3,(H,9,10). The maximum absolute atomic E-state index is 10.4. The summed E-state index contributed by atoms with van der Waals surface area (Å²) in [6.07, 6.45) is 3.27. The van der Waals surface area contributed by atoms with Crippen LogP contribution in [0.25, 0.3) is 0 Å². The smallest absolute Gasteiger partial charge is 0.335 e. The highest BCUT2D eigenvalue weighted by atomic mass is 16.4. The average molecular weight is 139 g/mol. The van der Waals surface area contributed by atoms with Crippen molar-refractivity contribution in [1.82, 2.24) is 5.32 Å². The van der Waals surface area contributed by atoms with E-state index < -0.39 is 5.97 Å². The van der Waals surface area contributed by atoms with Gasteiger partial charge in [0, 0.05) is 12.2 Å². The van der Waals surface area contributed by atoms with Gasteiger partial charge < -0.3 is 10.4 Å². The van der Waals surface area contributed by atoms with Gasteiger partial charge in [-0.25, -0.2) is 4.79 Å². The molecule has 0 aromatic rings. The van der Waals surface area contributed by atoms with Gasteiger partial charge in [-0.1, -0.05) is 6.08 Å². The van der Waals surface area contributed by atoms with E-state index in [1.165, 1.54) is 0 Å². The largest absolute Gasteiger partial charge is 0.478 e. The molecule has 3 nitrogen and oxygen atoms in total. The molecule has 10 heavy (non-hydrogen) atoms. The van der Waals surface area contributed by atoms with Crippen molar-refractivity contribution < 1.29 is 9.90 Å². The normalized spacial score (nSPS) is 16.9. The quantitative estimate of drug-likeness (QED) is 0.556. The fourth-order valence-corrected chi connectivity index (χ4v) is 0.814. The van der Waals surface area contributed by atoms with E-state index in [-0.39, 0.29) is 0 Å². The van der Waals surface area contributed by atoms with Gasteiger partial charge in [-0.05, 0) is 13.0 Å². The molecule has 3 heteroatoms. The van der Waals surface area contributed by atoms with Crippen molar-refractivity contribution in [3.05, 3.63) is 23.4 Å². The number of hydrogen-bond acceptors (Lipinski definition) is 2. The first-order valence-corrected chi connectivity index (χ1v) is 3.06. The van der Waals surface area contributed by atoms with Crippen LogP contribution in [0.2, 0.25) is 0 Å². The lowest BCUT2D eigenvalue weighted by Crippen LogP contribution is -2.17. The Balaban J connectivity index is 2.79. The Kier molecular flexibility index (Phi) is 1.76. The summed E-state index contributed by atoms with van der Waals surface area (Å²) in [5.41, 5.74) is 1.27. The first kappa shape index (κ1) is 6.86. The van der Waals surface area contributed by atoms with Crippen LogP contribution in [0.15, 0.2) is 23.4 Å². The van der Waals surface area contributed by atoms with Gasteiger partial charge in [-0.15, -0.1) is 0 Å². The van der Waals surface area contributed by atoms with Gasteiger partial charge >= 0.3 is 5.97 Å². The van der Waals surface area contributed by atoms with Crippen molar-refractivity contribution in [3.63, 3.8) is 0 Å². The van der Waals surface area contributed by atoms with Gasteiger partial charge in [0.15, 0.2) is 0 Å². The van der Waals surface area contributed by atoms with E-state index in [4.69, 9.17) is 5.11 Å². The summed E-state index contributed by atoms with van der Waals surface area (Å²) in [6.45, 7) is 2.46. The van der Waals surface area contributed by atoms with Crippen molar-refractivity contribution >= 4 is 5.97 Å². The molecule has 0 amide bonds. The highest BCUT2D eigenvalue weighted by Crippen LogP contribution is 2.04. The van der Waals surface area contributed by atoms with E-state index in [1.54, 1.807) is 12.2 Å². The highest BCUT2D eigenvalue weighted by Gasteiger charge is 2.06. The van der Waals surface area contributed by atoms with Crippen molar-refractivity contribution in [2.75, 3.05) is 6.54 Å². The Morgan fingerprint density at radius 2 is 2.50 bits per heavy atom. The number of aliphatic carboxylic acids is 1. The maximum Gasteiger partial charge on any atom is 0.335 e. The van der Waals surface area contributed by atoms with E-state index in [1.807, 2.05) is 6.92 Å². The molecule has 0 unspecified atom stereocenters. The molecule has 1 aliphatic heterocycles. The number of dihydropyridines is 1. The molecular formula is C7H9NO2. The Hall–Kier alpha value is -1.25. The average Bonchev–Trinajstić information content (AvgIpc) is 1.88. The van der Waals surface area contributed by atoms with Crippen LogP contribution in [0.1, 0.15) is 6.92 Å². The zero-order valence-electron chi connectivity index (χ0n) is 5.72. The molecule has 1 aliphatic rings. The summed E-state index contributed by atoms with van der Waals surface area (Å²) in [4.78, 5) is 10.4. The molecule has 54 valence electrons. The SMILES string of the molecule is CC1=CC(C(=O)O)=CCN1. The van der Waals surface area contributed by atoms with Crippen molar-refractivity contribution in [2.45, 2.75) is 6.92 Å². The number of allylic oxidation sites excluding steroid dienone is 1. The molecule has 0 fully saturated rings. The van der Waals surface area contributed by atoms with Crippen LogP contribution in [-0.2, 0) is 4.79 Å². The number of carboxylic acid groups (broad SMARTS) is 1. The summed E-state index contributed by atoms with van der Waals surface area (Å²) >= 11 is 0. The van der Waals surface area contributed by atoms with Gasteiger partial charge in [0.25, 0.3) is 0 Å². The highest BCUT2D eigenvalue weighted by molar-refractivity contribution is 5.90. The minimum Gasteiger partial charge on any atom is -0.478 e. The third-order valence-electron chi connectivity index (χ3n) is 1.32. The lowest BCUT2D eigenvalue weighted by atomic mass is 10.1. The Morgan fingerprint density at radius 3 is 2.90 bits per heavy atom. The Labute approximate surface area is 59.0 Å². The second kappa shape index (κ2) is 2.56. The van der Waals surface area contributed by atoms with E-state index in [0.29, 0.717) is 12.1 Å². The second-order valence-corrected chi connectivity index (χ2v) is 2.17. The molecule has 0 aromatic heterocycles. The molecule has 0 aromatic carbocycles. The number of rotatable bonds is 1. The van der Waals surface area contributed by atoms with Crippen LogP contribution in [0.4, 0.5) is 0 Å². The van der Waals surface area contributed by atoms with Crippen molar-refractivity contribution in [2.24, 2.45) is 0 Å². The van der Waals surface area contributed by atoms with E-state index >= 15 is 0 Å². The number of hydrogen-bond donors (Lipinski definition) is 2. The fourth-order valence-electron chi connectivity index (χ4n) is 0.814. The predicted molar refractivity (Wildman–Crippen MR) is 37.5 cm³/mol. The zero-order valence-corrected chi connectivity index (χ0v) is 5.72. The maximum atomic E-state index is 10.4. The van der Waals surface area contributed by atoms with Gasteiger partial charge in [-0.3, -0.25) is 0 Å². The molecule has 2 N–H and O–H groups in total. The van der Waals surface area contributed by atoms with Crippen LogP contribution in [0.3, 0.4) is 0 Å². The van der Waals surface area contributed by atoms with Gasteiger partial charge in [-0.2, -0.15) is 0 Å². The number of carboxylic acids is 1. The summed E-state index contributed by atoms with van der Waals surface area (Å²) < 4.78 is 0. The molecule has 0 saturated heterocycles. The minimum atomic E-state index is -0.860. The zero-order chi connectivity index (χ0) is 7.56. The summed E-state index contributed by atoms with van der Waals surface area (Å²) in [5.74, 6) is -0.860. The van der Waals surface area contributed by atoms with Crippen LogP contribution < -0.4 is 5.32 Å². The Bertz CT molecular complexity index is 216. The number of nitrogens with one attached hydrogen (secondary N) is 1. The molecule has 0 bridgehead atoms. The van der Waals surface area contributed by atoms with E-state index in [2.05, 4.69) is 5.32 Å². The summed E-state index contributed by atoms with van der Waals surface area (Å²) in [5, 5.41) is 11.5. The molecule has 0 radical (unpaired) electrons. The fraction of sp³-hybridized carbons (Fsp3) is 0.286. The van der Waals surface area contributed by atoms with Crippen LogP contribution in [0, 0.1) is 0 Å². The molecule has 0 spiro atoms. The van der Waals surface area contributed by atoms with Crippen molar-refractivity contribution in [1.29, 1.82) is 0 Å². The first-order valence-electron chi connectivity index (χ1n) is 3.06. The lowest BCUT2D eigenvalue weighted by Gasteiger charge is -2.09. The first-order chi connectivity index (χ1) is 4.70. The molecule has 0 atom stereocenters. The van der Waals surface area contributed by atoms with Gasteiger partial charge in [0.1, 0.15) is 0 Å². The summed E-state index contributed by atoms with van der Waals surface area (Å²) in [6, 6.07) is 0. The molecule has 0 saturated carbocycles. The van der Waals surface area contributed by atoms with E-state index in [0.717, 1.165) is 5.70 Å². The molecule has 0 aliphatic carbocycles. The molecule has 1 rings (SSSR count). The van der Waals surface area contributed by atoms with Gasteiger partial charge in [0.05, 0.1) is 5.57 Å². The molecular weight excluding hydrogens is 130 g/mol. The minimum absolute atomic E-state index is 0.372. The third kappa shape index (κ3) is 1.37. The van der Waals surface area contributed by atoms with Gasteiger partial charge in [0.2, 0.25) is 0 Å². The van der Waals surface area contributed by atoms with E-state index in [9.17, 15) is 4.79 Å². The predicted octanol–water partition coefficient (Wildman–Crippen LogP) is 0.504. The lowest BCUT2D eigenvalue weighted by molar-refractivity contribution is -0.132. The Morgan fingerprint density at radius 1 is 1.80 bits per heavy atom. The van der Waals surface area contributed by atoms with Crippen LogP contribution in [-0.4, -0.2) is 17.6 Å². The van der Waals surface area contributed by atoms with Crippen LogP contribution in [0.5, 0.6) is 0 Å². The van der Waals surface area contributed by atoms with Crippen LogP contribution >= 0.6 is 0 Å². The van der Waals surface area contributed by atoms with Crippen molar-refractivity contribution in [3.8, 4) is 0 Å². The number of carbonyl (C=O) groups is 1.